The summed E-state index contributed by atoms with van der Waals surface area (Å²) in [7, 11) is 0. The lowest BCUT2D eigenvalue weighted by atomic mass is 10.2. The third-order valence-corrected chi connectivity index (χ3v) is 1.35. The minimum Gasteiger partial charge on any atom is -0.399 e. The number of aromatic nitrogens is 1. The summed E-state index contributed by atoms with van der Waals surface area (Å²) in [5, 5.41) is 9.02. The van der Waals surface area contributed by atoms with Gasteiger partial charge in [-0.1, -0.05) is 0 Å². The predicted octanol–water partition coefficient (Wildman–Crippen LogP) is 0.587. The lowest BCUT2D eigenvalue weighted by molar-refractivity contribution is 0.194. The molecule has 3 nitrogen and oxygen atoms in total. The van der Waals surface area contributed by atoms with Crippen LogP contribution in [0.15, 0.2) is 18.3 Å². The number of anilines is 1. The van der Waals surface area contributed by atoms with Crippen LogP contribution in [-0.4, -0.2) is 16.2 Å². The summed E-state index contributed by atoms with van der Waals surface area (Å²) in [5.74, 6) is 0. The second kappa shape index (κ2) is 3.34. The maximum atomic E-state index is 9.02. The fourth-order valence-electron chi connectivity index (χ4n) is 0.911. The maximum Gasteiger partial charge on any atom is 0.0567 e. The smallest absolute Gasteiger partial charge is 0.0567 e. The Kier molecular flexibility index (Phi) is 2.44. The largest absolute Gasteiger partial charge is 0.399 e. The molecule has 0 radical (unpaired) electrons. The molecular weight excluding hydrogens is 140 g/mol. The fraction of sp³-hybridized carbons (Fsp3) is 0.375. The highest BCUT2D eigenvalue weighted by atomic mass is 16.3. The van der Waals surface area contributed by atoms with Crippen molar-refractivity contribution >= 4 is 5.69 Å². The van der Waals surface area contributed by atoms with Gasteiger partial charge in [0.2, 0.25) is 0 Å². The Balaban J connectivity index is 2.71. The molecular formula is C8H12N2O. The van der Waals surface area contributed by atoms with E-state index in [9.17, 15) is 0 Å². The van der Waals surface area contributed by atoms with Crippen molar-refractivity contribution in [1.82, 2.24) is 4.98 Å². The summed E-state index contributed by atoms with van der Waals surface area (Å²) in [4.78, 5) is 4.04. The molecule has 0 saturated carbocycles. The van der Waals surface area contributed by atoms with Crippen LogP contribution in [0.4, 0.5) is 5.69 Å². The van der Waals surface area contributed by atoms with Crippen molar-refractivity contribution in [2.75, 3.05) is 5.73 Å². The summed E-state index contributed by atoms with van der Waals surface area (Å²) in [5.41, 5.74) is 7.04. The maximum absolute atomic E-state index is 9.02. The Morgan fingerprint density at radius 2 is 2.45 bits per heavy atom. The summed E-state index contributed by atoms with van der Waals surface area (Å²) in [6, 6.07) is 3.50. The van der Waals surface area contributed by atoms with Gasteiger partial charge in [-0.25, -0.2) is 0 Å². The summed E-state index contributed by atoms with van der Waals surface area (Å²) in [6.07, 6.45) is 1.85. The number of pyridine rings is 1. The van der Waals surface area contributed by atoms with Crippen LogP contribution in [0.25, 0.3) is 0 Å². The Morgan fingerprint density at radius 1 is 1.73 bits per heavy atom. The normalized spacial score (nSPS) is 12.9. The zero-order valence-corrected chi connectivity index (χ0v) is 6.49. The van der Waals surface area contributed by atoms with Gasteiger partial charge in [0.25, 0.3) is 0 Å². The second-order valence-electron chi connectivity index (χ2n) is 2.63. The van der Waals surface area contributed by atoms with Gasteiger partial charge >= 0.3 is 0 Å². The second-order valence-corrected chi connectivity index (χ2v) is 2.63. The SMILES string of the molecule is CC(O)Cc1cc(N)ccn1. The number of nitrogens with two attached hydrogens (primary N) is 1. The van der Waals surface area contributed by atoms with Crippen molar-refractivity contribution in [1.29, 1.82) is 0 Å². The molecule has 0 amide bonds. The molecule has 1 rings (SSSR count). The average molecular weight is 152 g/mol. The Morgan fingerprint density at radius 3 is 3.00 bits per heavy atom. The molecule has 1 aromatic heterocycles. The van der Waals surface area contributed by atoms with E-state index < -0.39 is 0 Å². The molecule has 0 aromatic carbocycles. The molecule has 1 heterocycles. The molecule has 1 atom stereocenters. The van der Waals surface area contributed by atoms with Crippen molar-refractivity contribution in [3.8, 4) is 0 Å². The van der Waals surface area contributed by atoms with Gasteiger partial charge in [-0.05, 0) is 19.1 Å². The van der Waals surface area contributed by atoms with Crippen LogP contribution in [0.3, 0.4) is 0 Å². The summed E-state index contributed by atoms with van der Waals surface area (Å²) >= 11 is 0. The average Bonchev–Trinajstić information content (AvgIpc) is 1.85. The Labute approximate surface area is 65.9 Å². The van der Waals surface area contributed by atoms with Crippen molar-refractivity contribution in [3.05, 3.63) is 24.0 Å². The van der Waals surface area contributed by atoms with Crippen LogP contribution in [0.5, 0.6) is 0 Å². The number of aliphatic hydroxyl groups excluding tert-OH is 1. The number of aliphatic hydroxyl groups is 1. The lowest BCUT2D eigenvalue weighted by Gasteiger charge is -2.02. The van der Waals surface area contributed by atoms with Gasteiger partial charge in [-0.2, -0.15) is 0 Å². The minimum atomic E-state index is -0.357. The molecule has 3 N–H and O–H groups in total. The standard InChI is InChI=1S/C8H12N2O/c1-6(11)4-8-5-7(9)2-3-10-8/h2-3,5-6,11H,4H2,1H3,(H2,9,10). The van der Waals surface area contributed by atoms with E-state index in [0.29, 0.717) is 12.1 Å². The molecule has 0 spiro atoms. The van der Waals surface area contributed by atoms with Crippen LogP contribution in [0.1, 0.15) is 12.6 Å². The van der Waals surface area contributed by atoms with Gasteiger partial charge in [-0.3, -0.25) is 4.98 Å². The summed E-state index contributed by atoms with van der Waals surface area (Å²) in [6.45, 7) is 1.73. The van der Waals surface area contributed by atoms with Crippen LogP contribution in [0.2, 0.25) is 0 Å². The minimum absolute atomic E-state index is 0.357. The van der Waals surface area contributed by atoms with Gasteiger partial charge in [0.1, 0.15) is 0 Å². The predicted molar refractivity (Wildman–Crippen MR) is 44.0 cm³/mol. The van der Waals surface area contributed by atoms with Crippen molar-refractivity contribution < 1.29 is 5.11 Å². The fourth-order valence-corrected chi connectivity index (χ4v) is 0.911. The number of hydrogen-bond acceptors (Lipinski definition) is 3. The van der Waals surface area contributed by atoms with E-state index in [1.54, 1.807) is 25.3 Å². The van der Waals surface area contributed by atoms with E-state index >= 15 is 0 Å². The number of hydrogen-bond donors (Lipinski definition) is 2. The molecule has 1 aromatic rings. The van der Waals surface area contributed by atoms with Crippen LogP contribution in [0, 0.1) is 0 Å². The number of rotatable bonds is 2. The van der Waals surface area contributed by atoms with Gasteiger partial charge in [0.15, 0.2) is 0 Å². The quantitative estimate of drug-likeness (QED) is 0.652. The molecule has 0 saturated heterocycles. The van der Waals surface area contributed by atoms with Crippen molar-refractivity contribution in [3.63, 3.8) is 0 Å². The van der Waals surface area contributed by atoms with Crippen molar-refractivity contribution in [2.45, 2.75) is 19.4 Å². The van der Waals surface area contributed by atoms with Crippen LogP contribution >= 0.6 is 0 Å². The van der Waals surface area contributed by atoms with E-state index in [1.165, 1.54) is 0 Å². The monoisotopic (exact) mass is 152 g/mol. The first-order valence-corrected chi connectivity index (χ1v) is 3.57. The van der Waals surface area contributed by atoms with Gasteiger partial charge in [0.05, 0.1) is 6.10 Å². The van der Waals surface area contributed by atoms with Crippen LogP contribution < -0.4 is 5.73 Å². The first-order chi connectivity index (χ1) is 5.18. The molecule has 3 heteroatoms. The molecule has 0 fully saturated rings. The highest BCUT2D eigenvalue weighted by Crippen LogP contribution is 2.04. The number of nitrogen functional groups attached to an aromatic ring is 1. The highest BCUT2D eigenvalue weighted by molar-refractivity contribution is 5.37. The van der Waals surface area contributed by atoms with Gasteiger partial charge < -0.3 is 10.8 Å². The van der Waals surface area contributed by atoms with Gasteiger partial charge in [-0.15, -0.1) is 0 Å². The molecule has 0 aliphatic heterocycles. The van der Waals surface area contributed by atoms with Crippen LogP contribution in [-0.2, 0) is 6.42 Å². The van der Waals surface area contributed by atoms with E-state index in [0.717, 1.165) is 5.69 Å². The summed E-state index contributed by atoms with van der Waals surface area (Å²) < 4.78 is 0. The third kappa shape index (κ3) is 2.55. The topological polar surface area (TPSA) is 59.1 Å². The van der Waals surface area contributed by atoms with Gasteiger partial charge in [0, 0.05) is 24.0 Å². The number of nitrogens with zero attached hydrogens (tertiary/aromatic N) is 1. The van der Waals surface area contributed by atoms with E-state index in [-0.39, 0.29) is 6.10 Å². The third-order valence-electron chi connectivity index (χ3n) is 1.35. The Hall–Kier alpha value is -1.09. The van der Waals surface area contributed by atoms with E-state index in [1.807, 2.05) is 0 Å². The van der Waals surface area contributed by atoms with E-state index in [2.05, 4.69) is 4.98 Å². The van der Waals surface area contributed by atoms with Crippen molar-refractivity contribution in [2.24, 2.45) is 0 Å². The first kappa shape index (κ1) is 8.01. The molecule has 11 heavy (non-hydrogen) atoms. The molecule has 60 valence electrons. The molecule has 0 bridgehead atoms. The molecule has 0 aliphatic rings. The molecule has 1 unspecified atom stereocenters. The van der Waals surface area contributed by atoms with E-state index in [4.69, 9.17) is 10.8 Å². The lowest BCUT2D eigenvalue weighted by Crippen LogP contribution is -2.05. The highest BCUT2D eigenvalue weighted by Gasteiger charge is 1.99. The molecule has 0 aliphatic carbocycles. The zero-order chi connectivity index (χ0) is 8.27. The first-order valence-electron chi connectivity index (χ1n) is 3.57. The Bertz CT molecular complexity index is 235. The zero-order valence-electron chi connectivity index (χ0n) is 6.49.